The zero-order valence-corrected chi connectivity index (χ0v) is 17.6. The summed E-state index contributed by atoms with van der Waals surface area (Å²) in [6, 6.07) is 14.1. The highest BCUT2D eigenvalue weighted by molar-refractivity contribution is 5.99. The van der Waals surface area contributed by atoms with Crippen LogP contribution in [0.2, 0.25) is 0 Å². The van der Waals surface area contributed by atoms with Gasteiger partial charge in [-0.05, 0) is 42.9 Å². The average molecular weight is 406 g/mol. The van der Waals surface area contributed by atoms with Crippen molar-refractivity contribution in [3.8, 4) is 5.75 Å². The van der Waals surface area contributed by atoms with E-state index < -0.39 is 6.04 Å². The van der Waals surface area contributed by atoms with E-state index in [1.807, 2.05) is 30.3 Å². The number of carbonyl (C=O) groups excluding carboxylic acids is 1. The summed E-state index contributed by atoms with van der Waals surface area (Å²) >= 11 is 0. The van der Waals surface area contributed by atoms with Crippen molar-refractivity contribution < 1.29 is 13.9 Å². The van der Waals surface area contributed by atoms with Gasteiger partial charge in [-0.15, -0.1) is 0 Å². The van der Waals surface area contributed by atoms with Crippen LogP contribution in [0.3, 0.4) is 0 Å². The second kappa shape index (κ2) is 8.32. The molecule has 156 valence electrons. The van der Waals surface area contributed by atoms with Gasteiger partial charge in [0.25, 0.3) is 5.91 Å². The van der Waals surface area contributed by atoms with Gasteiger partial charge in [0.05, 0.1) is 24.1 Å². The first kappa shape index (κ1) is 20.2. The second-order valence-electron chi connectivity index (χ2n) is 7.37. The Morgan fingerprint density at radius 2 is 1.73 bits per heavy atom. The monoisotopic (exact) mass is 406 g/mol. The molecule has 0 fully saturated rings. The summed E-state index contributed by atoms with van der Waals surface area (Å²) in [4.78, 5) is 30.7. The smallest absolute Gasteiger partial charge is 0.290 e. The molecule has 2 heterocycles. The topological polar surface area (TPSA) is 63.0 Å². The fourth-order valence-electron chi connectivity index (χ4n) is 4.12. The zero-order chi connectivity index (χ0) is 21.3. The SMILES string of the molecule is CCN(CC)CCN1C(=O)c2oc3ccccc3c(=O)c2[C@H]1c1ccc(OC)cc1. The molecule has 1 aliphatic rings. The van der Waals surface area contributed by atoms with Crippen molar-refractivity contribution in [3.05, 3.63) is 75.6 Å². The molecular formula is C24H26N2O4. The van der Waals surface area contributed by atoms with Crippen molar-refractivity contribution in [2.75, 3.05) is 33.3 Å². The molecule has 0 N–H and O–H groups in total. The molecule has 0 saturated carbocycles. The third-order valence-electron chi connectivity index (χ3n) is 5.86. The van der Waals surface area contributed by atoms with E-state index in [0.717, 1.165) is 30.9 Å². The Labute approximate surface area is 175 Å². The first-order valence-electron chi connectivity index (χ1n) is 10.3. The van der Waals surface area contributed by atoms with E-state index >= 15 is 0 Å². The van der Waals surface area contributed by atoms with E-state index in [1.165, 1.54) is 0 Å². The van der Waals surface area contributed by atoms with Gasteiger partial charge in [0.15, 0.2) is 5.43 Å². The molecule has 0 unspecified atom stereocenters. The Balaban J connectivity index is 1.84. The Morgan fingerprint density at radius 1 is 1.03 bits per heavy atom. The first-order chi connectivity index (χ1) is 14.6. The van der Waals surface area contributed by atoms with Gasteiger partial charge in [0, 0.05) is 13.1 Å². The maximum absolute atomic E-state index is 13.4. The molecule has 1 aromatic heterocycles. The van der Waals surface area contributed by atoms with Crippen LogP contribution < -0.4 is 10.2 Å². The lowest BCUT2D eigenvalue weighted by Crippen LogP contribution is -2.37. The van der Waals surface area contributed by atoms with Gasteiger partial charge in [0.1, 0.15) is 11.3 Å². The summed E-state index contributed by atoms with van der Waals surface area (Å²) in [7, 11) is 1.61. The number of nitrogens with zero attached hydrogens (tertiary/aromatic N) is 2. The molecule has 0 aliphatic carbocycles. The summed E-state index contributed by atoms with van der Waals surface area (Å²) < 4.78 is 11.2. The number of fused-ring (bicyclic) bond motifs is 2. The Hall–Kier alpha value is -3.12. The second-order valence-corrected chi connectivity index (χ2v) is 7.37. The highest BCUT2D eigenvalue weighted by Crippen LogP contribution is 2.38. The van der Waals surface area contributed by atoms with Crippen molar-refractivity contribution in [1.82, 2.24) is 9.80 Å². The van der Waals surface area contributed by atoms with E-state index in [4.69, 9.17) is 9.15 Å². The number of methoxy groups -OCH3 is 1. The van der Waals surface area contributed by atoms with Crippen LogP contribution in [0.4, 0.5) is 0 Å². The first-order valence-corrected chi connectivity index (χ1v) is 10.3. The largest absolute Gasteiger partial charge is 0.497 e. The number of para-hydroxylation sites is 1. The predicted octanol–water partition coefficient (Wildman–Crippen LogP) is 3.69. The molecule has 6 heteroatoms. The van der Waals surface area contributed by atoms with Gasteiger partial charge in [-0.2, -0.15) is 0 Å². The van der Waals surface area contributed by atoms with E-state index in [9.17, 15) is 9.59 Å². The molecule has 3 aromatic rings. The van der Waals surface area contributed by atoms with Crippen LogP contribution in [-0.2, 0) is 0 Å². The molecule has 2 aromatic carbocycles. The molecule has 1 aliphatic heterocycles. The number of benzene rings is 2. The van der Waals surface area contributed by atoms with Crippen LogP contribution in [0.25, 0.3) is 11.0 Å². The fraction of sp³-hybridized carbons (Fsp3) is 0.333. The van der Waals surface area contributed by atoms with E-state index in [-0.39, 0.29) is 17.1 Å². The molecule has 1 atom stereocenters. The maximum atomic E-state index is 13.4. The summed E-state index contributed by atoms with van der Waals surface area (Å²) in [5, 5.41) is 0.494. The fourth-order valence-corrected chi connectivity index (χ4v) is 4.12. The van der Waals surface area contributed by atoms with Crippen LogP contribution in [0.15, 0.2) is 57.7 Å². The summed E-state index contributed by atoms with van der Waals surface area (Å²) in [5.41, 5.74) is 1.58. The summed E-state index contributed by atoms with van der Waals surface area (Å²) in [6.07, 6.45) is 0. The van der Waals surface area contributed by atoms with Gasteiger partial charge in [0.2, 0.25) is 5.76 Å². The van der Waals surface area contributed by atoms with Crippen LogP contribution >= 0.6 is 0 Å². The Kier molecular flexibility index (Phi) is 5.59. The maximum Gasteiger partial charge on any atom is 0.290 e. The molecule has 6 nitrogen and oxygen atoms in total. The minimum Gasteiger partial charge on any atom is -0.497 e. The van der Waals surface area contributed by atoms with Gasteiger partial charge < -0.3 is 19.0 Å². The van der Waals surface area contributed by atoms with Crippen molar-refractivity contribution in [2.45, 2.75) is 19.9 Å². The van der Waals surface area contributed by atoms with Crippen molar-refractivity contribution >= 4 is 16.9 Å². The number of likely N-dealkylation sites (N-methyl/N-ethyl adjacent to an activating group) is 1. The average Bonchev–Trinajstić information content (AvgIpc) is 3.07. The van der Waals surface area contributed by atoms with Crippen LogP contribution in [0, 0.1) is 0 Å². The number of hydrogen-bond donors (Lipinski definition) is 0. The van der Waals surface area contributed by atoms with Gasteiger partial charge in [-0.3, -0.25) is 9.59 Å². The van der Waals surface area contributed by atoms with Crippen molar-refractivity contribution in [2.24, 2.45) is 0 Å². The molecular weight excluding hydrogens is 380 g/mol. The van der Waals surface area contributed by atoms with Crippen LogP contribution in [0.5, 0.6) is 5.75 Å². The zero-order valence-electron chi connectivity index (χ0n) is 17.6. The van der Waals surface area contributed by atoms with E-state index in [1.54, 1.807) is 30.2 Å². The van der Waals surface area contributed by atoms with E-state index in [0.29, 0.717) is 23.1 Å². The predicted molar refractivity (Wildman–Crippen MR) is 116 cm³/mol. The molecule has 1 amide bonds. The molecule has 0 saturated heterocycles. The summed E-state index contributed by atoms with van der Waals surface area (Å²) in [6.45, 7) is 7.25. The number of rotatable bonds is 7. The van der Waals surface area contributed by atoms with Gasteiger partial charge >= 0.3 is 0 Å². The lowest BCUT2D eigenvalue weighted by Gasteiger charge is -2.28. The quantitative estimate of drug-likeness (QED) is 0.599. The normalized spacial score (nSPS) is 15.8. The molecule has 0 spiro atoms. The highest BCUT2D eigenvalue weighted by atomic mass is 16.5. The van der Waals surface area contributed by atoms with Gasteiger partial charge in [-0.25, -0.2) is 0 Å². The lowest BCUT2D eigenvalue weighted by atomic mass is 9.98. The van der Waals surface area contributed by atoms with Crippen LogP contribution in [-0.4, -0.2) is 49.0 Å². The number of hydrogen-bond acceptors (Lipinski definition) is 5. The number of carbonyl (C=O) groups is 1. The van der Waals surface area contributed by atoms with Crippen molar-refractivity contribution in [1.29, 1.82) is 0 Å². The lowest BCUT2D eigenvalue weighted by molar-refractivity contribution is 0.0708. The summed E-state index contributed by atoms with van der Waals surface area (Å²) in [5.74, 6) is 0.642. The Morgan fingerprint density at radius 3 is 2.40 bits per heavy atom. The van der Waals surface area contributed by atoms with Gasteiger partial charge in [-0.1, -0.05) is 38.1 Å². The minimum atomic E-state index is -0.477. The van der Waals surface area contributed by atoms with E-state index in [2.05, 4.69) is 18.7 Å². The molecule has 30 heavy (non-hydrogen) atoms. The number of ether oxygens (including phenoxy) is 1. The third kappa shape index (κ3) is 3.37. The highest BCUT2D eigenvalue weighted by Gasteiger charge is 2.42. The molecule has 0 bridgehead atoms. The minimum absolute atomic E-state index is 0.147. The third-order valence-corrected chi connectivity index (χ3v) is 5.86. The van der Waals surface area contributed by atoms with Crippen molar-refractivity contribution in [3.63, 3.8) is 0 Å². The molecule has 0 radical (unpaired) electrons. The molecule has 4 rings (SSSR count). The van der Waals surface area contributed by atoms with Crippen LogP contribution in [0.1, 0.15) is 41.6 Å². The standard InChI is InChI=1S/C24H26N2O4/c1-4-25(5-2)14-15-26-21(16-10-12-17(29-3)13-11-16)20-22(27)18-8-6-7-9-19(18)30-23(20)24(26)28/h6-13,21H,4-5,14-15H2,1-3H3/t21-/m1/s1. The Bertz CT molecular complexity index is 1120. The number of amides is 1.